The van der Waals surface area contributed by atoms with Crippen LogP contribution in [0.5, 0.6) is 0 Å². The Labute approximate surface area is 60.1 Å². The second kappa shape index (κ2) is 2.31. The predicted octanol–water partition coefficient (Wildman–Crippen LogP) is 2.21. The van der Waals surface area contributed by atoms with E-state index >= 15 is 0 Å². The molecule has 0 fully saturated rings. The van der Waals surface area contributed by atoms with Crippen molar-refractivity contribution in [2.45, 2.75) is 0 Å². The third kappa shape index (κ3) is 0.869. The molecule has 0 bridgehead atoms. The number of nitrogens with zero attached hydrogens (tertiary/aromatic N) is 2. The second-order valence-electron chi connectivity index (χ2n) is 1.99. The van der Waals surface area contributed by atoms with Crippen LogP contribution in [0.4, 0.5) is 0 Å². The lowest BCUT2D eigenvalue weighted by Gasteiger charge is -1.89. The van der Waals surface area contributed by atoms with Crippen LogP contribution in [0, 0.1) is 0 Å². The summed E-state index contributed by atoms with van der Waals surface area (Å²) in [5, 5.41) is 6.22. The number of rotatable bonds is 0. The summed E-state index contributed by atoms with van der Waals surface area (Å²) in [5.74, 6) is 0. The van der Waals surface area contributed by atoms with Gasteiger partial charge in [0.2, 0.25) is 0 Å². The number of hydrogen-bond acceptors (Lipinski definition) is 2. The number of benzene rings is 1. The van der Waals surface area contributed by atoms with Crippen molar-refractivity contribution in [2.24, 2.45) is 0 Å². The molecule has 1 aromatic heterocycles. The van der Waals surface area contributed by atoms with E-state index in [4.69, 9.17) is 0 Å². The van der Waals surface area contributed by atoms with Crippen molar-refractivity contribution in [1.82, 2.24) is 9.96 Å². The number of hydrogen-bond donors (Lipinski definition) is 0. The Morgan fingerprint density at radius 1 is 1.20 bits per heavy atom. The molecule has 0 N–H and O–H groups in total. The van der Waals surface area contributed by atoms with E-state index in [1.54, 1.807) is 6.20 Å². The summed E-state index contributed by atoms with van der Waals surface area (Å²) in [4.78, 5) is 3.86. The largest absolute Gasteiger partial charge is 0.154 e. The quantitative estimate of drug-likeness (QED) is 0.572. The molecule has 3 heteroatoms. The van der Waals surface area contributed by atoms with Gasteiger partial charge in [-0.2, -0.15) is 5.10 Å². The van der Waals surface area contributed by atoms with E-state index in [-0.39, 0.29) is 0 Å². The zero-order valence-electron chi connectivity index (χ0n) is 5.23. The molecule has 0 aliphatic heterocycles. The standard InChI is InChI=1S/C7H5N2P/c1-2-4-7-6(3-1)5-8-9-10-7/h1-5H. The normalized spacial score (nSPS) is 10.8. The van der Waals surface area contributed by atoms with Crippen LogP contribution in [-0.4, -0.2) is 9.96 Å². The van der Waals surface area contributed by atoms with Crippen molar-refractivity contribution >= 4 is 18.9 Å². The maximum absolute atomic E-state index is 3.86. The Hall–Kier alpha value is -1.01. The molecule has 0 radical (unpaired) electrons. The zero-order valence-corrected chi connectivity index (χ0v) is 6.12. The molecule has 0 atom stereocenters. The molecule has 0 spiro atoms. The lowest BCUT2D eigenvalue weighted by Crippen LogP contribution is -1.72. The van der Waals surface area contributed by atoms with Gasteiger partial charge >= 0.3 is 0 Å². The van der Waals surface area contributed by atoms with Crippen LogP contribution in [0.2, 0.25) is 0 Å². The summed E-state index contributed by atoms with van der Waals surface area (Å²) >= 11 is 0. The molecular weight excluding hydrogens is 143 g/mol. The predicted molar refractivity (Wildman–Crippen MR) is 42.1 cm³/mol. The van der Waals surface area contributed by atoms with Gasteiger partial charge in [-0.1, -0.05) is 18.2 Å². The number of fused-ring (bicyclic) bond motifs is 1. The van der Waals surface area contributed by atoms with Crippen LogP contribution >= 0.6 is 8.35 Å². The van der Waals surface area contributed by atoms with Crippen molar-refractivity contribution in [3.63, 3.8) is 0 Å². The third-order valence-corrected chi connectivity index (χ3v) is 2.15. The highest BCUT2D eigenvalue weighted by Crippen LogP contribution is 2.16. The molecule has 1 aromatic carbocycles. The van der Waals surface area contributed by atoms with Crippen LogP contribution in [-0.2, 0) is 0 Å². The van der Waals surface area contributed by atoms with E-state index in [2.05, 4.69) is 16.0 Å². The first-order chi connectivity index (χ1) is 4.97. The van der Waals surface area contributed by atoms with Crippen LogP contribution in [0.1, 0.15) is 0 Å². The Morgan fingerprint density at radius 2 is 2.10 bits per heavy atom. The van der Waals surface area contributed by atoms with E-state index in [0.29, 0.717) is 0 Å². The Kier molecular flexibility index (Phi) is 1.33. The van der Waals surface area contributed by atoms with Crippen LogP contribution in [0.3, 0.4) is 0 Å². The molecule has 1 heterocycles. The molecule has 0 aliphatic carbocycles. The minimum absolute atomic E-state index is 0.958. The maximum Gasteiger partial charge on any atom is 0.0718 e. The summed E-state index contributed by atoms with van der Waals surface area (Å²) in [6.45, 7) is 0. The van der Waals surface area contributed by atoms with Gasteiger partial charge in [0.1, 0.15) is 0 Å². The van der Waals surface area contributed by atoms with Crippen LogP contribution in [0.15, 0.2) is 30.5 Å². The minimum atomic E-state index is 0.958. The first-order valence-electron chi connectivity index (χ1n) is 3.00. The first kappa shape index (κ1) is 5.75. The van der Waals surface area contributed by atoms with E-state index in [0.717, 1.165) is 8.35 Å². The molecule has 2 nitrogen and oxygen atoms in total. The van der Waals surface area contributed by atoms with Gasteiger partial charge in [-0.3, -0.25) is 0 Å². The Bertz CT molecular complexity index is 283. The monoisotopic (exact) mass is 148 g/mol. The summed E-state index contributed by atoms with van der Waals surface area (Å²) < 4.78 is 0. The average molecular weight is 148 g/mol. The zero-order chi connectivity index (χ0) is 6.81. The highest BCUT2D eigenvalue weighted by Gasteiger charge is 1.88. The third-order valence-electron chi connectivity index (χ3n) is 1.34. The van der Waals surface area contributed by atoms with E-state index < -0.39 is 0 Å². The summed E-state index contributed by atoms with van der Waals surface area (Å²) in [7, 11) is 0.958. The van der Waals surface area contributed by atoms with Crippen molar-refractivity contribution in [3.8, 4) is 0 Å². The topological polar surface area (TPSA) is 25.8 Å². The fourth-order valence-electron chi connectivity index (χ4n) is 0.850. The molecule has 0 unspecified atom stereocenters. The van der Waals surface area contributed by atoms with E-state index in [1.807, 2.05) is 18.2 Å². The van der Waals surface area contributed by atoms with Crippen LogP contribution < -0.4 is 0 Å². The molecule has 2 rings (SSSR count). The van der Waals surface area contributed by atoms with Crippen molar-refractivity contribution in [3.05, 3.63) is 30.5 Å². The molecule has 0 amide bonds. The summed E-state index contributed by atoms with van der Waals surface area (Å²) in [6, 6.07) is 8.12. The summed E-state index contributed by atoms with van der Waals surface area (Å²) in [6.07, 6.45) is 1.78. The van der Waals surface area contributed by atoms with Gasteiger partial charge in [-0.05, 0) is 6.07 Å². The van der Waals surface area contributed by atoms with Gasteiger partial charge in [0.15, 0.2) is 0 Å². The van der Waals surface area contributed by atoms with Crippen molar-refractivity contribution in [1.29, 1.82) is 0 Å². The summed E-state index contributed by atoms with van der Waals surface area (Å²) in [5.41, 5.74) is 0. The molecule has 0 aliphatic rings. The molecule has 48 valence electrons. The average Bonchev–Trinajstić information content (AvgIpc) is 2.05. The van der Waals surface area contributed by atoms with Gasteiger partial charge in [0.25, 0.3) is 0 Å². The van der Waals surface area contributed by atoms with Gasteiger partial charge in [-0.25, -0.2) is 0 Å². The van der Waals surface area contributed by atoms with Crippen molar-refractivity contribution < 1.29 is 0 Å². The van der Waals surface area contributed by atoms with E-state index in [1.165, 1.54) is 10.5 Å². The second-order valence-corrected chi connectivity index (χ2v) is 2.85. The fourth-order valence-corrected chi connectivity index (χ4v) is 1.45. The molecule has 2 aromatic rings. The lowest BCUT2D eigenvalue weighted by molar-refractivity contribution is 1.14. The van der Waals surface area contributed by atoms with Gasteiger partial charge < -0.3 is 0 Å². The Balaban J connectivity index is 2.89. The molecule has 0 saturated carbocycles. The van der Waals surface area contributed by atoms with Crippen molar-refractivity contribution in [2.75, 3.05) is 0 Å². The maximum atomic E-state index is 3.86. The first-order valence-corrected chi connectivity index (χ1v) is 3.85. The fraction of sp³-hybridized carbons (Fsp3) is 0. The minimum Gasteiger partial charge on any atom is -0.154 e. The van der Waals surface area contributed by atoms with Gasteiger partial charge in [-0.15, -0.1) is 4.86 Å². The van der Waals surface area contributed by atoms with Crippen LogP contribution in [0.25, 0.3) is 10.5 Å². The van der Waals surface area contributed by atoms with Gasteiger partial charge in [0.05, 0.1) is 14.5 Å². The molecular formula is C7H5N2P. The SMILES string of the molecule is c1ccc2pnncc2c1. The highest BCUT2D eigenvalue weighted by molar-refractivity contribution is 7.32. The molecule has 0 saturated heterocycles. The highest BCUT2D eigenvalue weighted by atomic mass is 31.0. The smallest absolute Gasteiger partial charge is 0.0718 e. The number of aromatic nitrogens is 2. The van der Waals surface area contributed by atoms with E-state index in [9.17, 15) is 0 Å². The lowest BCUT2D eigenvalue weighted by atomic mass is 10.3. The van der Waals surface area contributed by atoms with Gasteiger partial charge in [0, 0.05) is 10.5 Å². The molecule has 10 heavy (non-hydrogen) atoms. The Morgan fingerprint density at radius 3 is 3.00 bits per heavy atom.